The molecule has 1 fully saturated rings. The first-order valence-corrected chi connectivity index (χ1v) is 9.90. The largest absolute Gasteiger partial charge is 0.463 e. The maximum atomic E-state index is 13.5. The predicted octanol–water partition coefficient (Wildman–Crippen LogP) is -0.261. The quantitative estimate of drug-likeness (QED) is 0.501. The fourth-order valence-electron chi connectivity index (χ4n) is 3.74. The summed E-state index contributed by atoms with van der Waals surface area (Å²) >= 11 is 0. The van der Waals surface area contributed by atoms with Crippen molar-refractivity contribution in [1.29, 1.82) is 0 Å². The normalized spacial score (nSPS) is 20.5. The number of ether oxygens (including phenoxy) is 3. The van der Waals surface area contributed by atoms with Gasteiger partial charge in [0.05, 0.1) is 24.5 Å². The number of hydrogen-bond donors (Lipinski definition) is 1. The van der Waals surface area contributed by atoms with Gasteiger partial charge in [-0.1, -0.05) is 0 Å². The summed E-state index contributed by atoms with van der Waals surface area (Å²) in [5.74, 6) is -1.03. The highest BCUT2D eigenvalue weighted by Crippen LogP contribution is 2.33. The van der Waals surface area contributed by atoms with Crippen molar-refractivity contribution in [3.05, 3.63) is 34.6 Å². The number of aryl methyl sites for hydroxylation is 1. The Morgan fingerprint density at radius 2 is 2.09 bits per heavy atom. The van der Waals surface area contributed by atoms with Crippen LogP contribution in [0.15, 0.2) is 23.3 Å². The minimum absolute atomic E-state index is 0.0280. The van der Waals surface area contributed by atoms with Crippen LogP contribution in [0.4, 0.5) is 5.95 Å². The first-order valence-electron chi connectivity index (χ1n) is 9.90. The van der Waals surface area contributed by atoms with Crippen molar-refractivity contribution in [1.82, 2.24) is 28.9 Å². The van der Waals surface area contributed by atoms with Crippen LogP contribution in [0.1, 0.15) is 32.2 Å². The van der Waals surface area contributed by atoms with E-state index in [2.05, 4.69) is 15.1 Å². The molecule has 0 saturated carbocycles. The van der Waals surface area contributed by atoms with Crippen LogP contribution >= 0.6 is 0 Å². The SMILES string of the molecule is CC(=O)OC[C@@H]1C[C@@H](OC(C)=O)[C@H](n2c(=O)n(Cc3ccn(C)n3)c3cnc(N)nc32)O1. The first kappa shape index (κ1) is 21.5. The number of nitrogens with two attached hydrogens (primary N) is 1. The molecule has 0 aromatic carbocycles. The van der Waals surface area contributed by atoms with Crippen LogP contribution in [-0.2, 0) is 37.4 Å². The number of nitrogens with zero attached hydrogens (tertiary/aromatic N) is 6. The summed E-state index contributed by atoms with van der Waals surface area (Å²) < 4.78 is 20.8. The number of carbonyl (C=O) groups is 2. The number of imidazole rings is 1. The molecule has 3 aromatic heterocycles. The number of esters is 2. The van der Waals surface area contributed by atoms with Crippen LogP contribution in [0, 0.1) is 0 Å². The molecular weight excluding hydrogens is 422 g/mol. The summed E-state index contributed by atoms with van der Waals surface area (Å²) in [4.78, 5) is 44.6. The van der Waals surface area contributed by atoms with E-state index in [-0.39, 0.29) is 31.2 Å². The molecule has 4 heterocycles. The molecule has 13 nitrogen and oxygen atoms in total. The summed E-state index contributed by atoms with van der Waals surface area (Å²) in [6.45, 7) is 2.68. The fourth-order valence-corrected chi connectivity index (χ4v) is 3.74. The van der Waals surface area contributed by atoms with Crippen LogP contribution < -0.4 is 11.4 Å². The molecule has 0 amide bonds. The Morgan fingerprint density at radius 3 is 2.75 bits per heavy atom. The van der Waals surface area contributed by atoms with Gasteiger partial charge in [-0.2, -0.15) is 10.1 Å². The number of rotatable bonds is 6. The highest BCUT2D eigenvalue weighted by Gasteiger charge is 2.41. The lowest BCUT2D eigenvalue weighted by Gasteiger charge is -2.19. The molecule has 4 rings (SSSR count). The smallest absolute Gasteiger partial charge is 0.333 e. The van der Waals surface area contributed by atoms with E-state index >= 15 is 0 Å². The van der Waals surface area contributed by atoms with Gasteiger partial charge in [0.2, 0.25) is 5.95 Å². The Balaban J connectivity index is 1.78. The average molecular weight is 445 g/mol. The third-order valence-corrected chi connectivity index (χ3v) is 5.00. The second kappa shape index (κ2) is 8.42. The van der Waals surface area contributed by atoms with Crippen LogP contribution in [0.25, 0.3) is 11.2 Å². The standard InChI is InChI=1S/C19H23N7O6/c1-10(27)30-9-13-6-15(31-11(2)28)17(32-13)26-16-14(7-21-18(20)22-16)25(19(26)29)8-12-4-5-24(3)23-12/h4-5,7,13,15,17H,6,8-9H2,1-3H3,(H2,20,21,22)/t13-,15+,17+/m0/s1. The topological polar surface area (TPSA) is 158 Å². The van der Waals surface area contributed by atoms with Gasteiger partial charge < -0.3 is 19.9 Å². The van der Waals surface area contributed by atoms with Crippen LogP contribution in [0.3, 0.4) is 0 Å². The second-order valence-corrected chi connectivity index (χ2v) is 7.49. The van der Waals surface area contributed by atoms with Gasteiger partial charge in [-0.15, -0.1) is 0 Å². The van der Waals surface area contributed by atoms with Gasteiger partial charge in [0.15, 0.2) is 11.9 Å². The van der Waals surface area contributed by atoms with Crippen LogP contribution in [-0.4, -0.2) is 59.6 Å². The second-order valence-electron chi connectivity index (χ2n) is 7.49. The molecule has 0 radical (unpaired) electrons. The average Bonchev–Trinajstić information content (AvgIpc) is 3.37. The van der Waals surface area contributed by atoms with E-state index in [1.54, 1.807) is 24.0 Å². The predicted molar refractivity (Wildman–Crippen MR) is 109 cm³/mol. The zero-order chi connectivity index (χ0) is 23.0. The molecule has 1 aliphatic heterocycles. The third-order valence-electron chi connectivity index (χ3n) is 5.00. The van der Waals surface area contributed by atoms with Crippen molar-refractivity contribution in [2.24, 2.45) is 7.05 Å². The van der Waals surface area contributed by atoms with Gasteiger partial charge >= 0.3 is 17.6 Å². The summed E-state index contributed by atoms with van der Waals surface area (Å²) in [5, 5.41) is 4.32. The summed E-state index contributed by atoms with van der Waals surface area (Å²) in [6.07, 6.45) is 1.09. The summed E-state index contributed by atoms with van der Waals surface area (Å²) in [7, 11) is 1.78. The monoisotopic (exact) mass is 445 g/mol. The van der Waals surface area contributed by atoms with E-state index in [4.69, 9.17) is 19.9 Å². The van der Waals surface area contributed by atoms with Gasteiger partial charge in [-0.05, 0) is 6.07 Å². The molecule has 0 spiro atoms. The van der Waals surface area contributed by atoms with Crippen molar-refractivity contribution >= 4 is 29.1 Å². The highest BCUT2D eigenvalue weighted by molar-refractivity contribution is 5.72. The number of hydrogen-bond acceptors (Lipinski definition) is 10. The molecule has 13 heteroatoms. The molecule has 32 heavy (non-hydrogen) atoms. The minimum atomic E-state index is -0.992. The van der Waals surface area contributed by atoms with E-state index in [9.17, 15) is 14.4 Å². The maximum absolute atomic E-state index is 13.5. The van der Waals surface area contributed by atoms with Crippen molar-refractivity contribution in [3.8, 4) is 0 Å². The number of nitrogen functional groups attached to an aromatic ring is 1. The zero-order valence-electron chi connectivity index (χ0n) is 17.8. The molecule has 170 valence electrons. The Morgan fingerprint density at radius 1 is 1.31 bits per heavy atom. The lowest BCUT2D eigenvalue weighted by Crippen LogP contribution is -2.34. The lowest BCUT2D eigenvalue weighted by atomic mass is 10.2. The molecule has 3 atom stereocenters. The molecule has 0 aliphatic carbocycles. The Bertz CT molecular complexity index is 1230. The Hall–Kier alpha value is -3.74. The van der Waals surface area contributed by atoms with Gasteiger partial charge in [-0.3, -0.25) is 18.8 Å². The molecule has 3 aromatic rings. The molecular formula is C19H23N7O6. The molecule has 1 aliphatic rings. The number of carbonyl (C=O) groups excluding carboxylic acids is 2. The Labute approximate surface area is 181 Å². The van der Waals surface area contributed by atoms with Gasteiger partial charge in [0.1, 0.15) is 18.2 Å². The van der Waals surface area contributed by atoms with Gasteiger partial charge in [0, 0.05) is 33.5 Å². The summed E-state index contributed by atoms with van der Waals surface area (Å²) in [6, 6.07) is 1.79. The van der Waals surface area contributed by atoms with Crippen molar-refractivity contribution in [2.75, 3.05) is 12.3 Å². The first-order chi connectivity index (χ1) is 15.2. The molecule has 0 unspecified atom stereocenters. The minimum Gasteiger partial charge on any atom is -0.463 e. The zero-order valence-corrected chi connectivity index (χ0v) is 17.8. The maximum Gasteiger partial charge on any atom is 0.333 e. The van der Waals surface area contributed by atoms with Crippen LogP contribution in [0.2, 0.25) is 0 Å². The molecule has 0 bridgehead atoms. The van der Waals surface area contributed by atoms with E-state index in [0.717, 1.165) is 0 Å². The van der Waals surface area contributed by atoms with Crippen molar-refractivity contribution in [3.63, 3.8) is 0 Å². The van der Waals surface area contributed by atoms with Crippen molar-refractivity contribution < 1.29 is 23.8 Å². The number of aromatic nitrogens is 6. The summed E-state index contributed by atoms with van der Waals surface area (Å²) in [5.41, 5.74) is 6.63. The van der Waals surface area contributed by atoms with E-state index in [1.165, 1.54) is 29.2 Å². The van der Waals surface area contributed by atoms with Crippen LogP contribution in [0.5, 0.6) is 0 Å². The number of fused-ring (bicyclic) bond motifs is 1. The van der Waals surface area contributed by atoms with E-state index in [0.29, 0.717) is 11.2 Å². The van der Waals surface area contributed by atoms with Crippen molar-refractivity contribution in [2.45, 2.75) is 45.2 Å². The van der Waals surface area contributed by atoms with E-state index < -0.39 is 36.1 Å². The molecule has 1 saturated heterocycles. The molecule has 2 N–H and O–H groups in total. The lowest BCUT2D eigenvalue weighted by molar-refractivity contribution is -0.153. The van der Waals surface area contributed by atoms with E-state index in [1.807, 2.05) is 0 Å². The number of anilines is 1. The Kier molecular flexibility index (Phi) is 5.65. The van der Waals surface area contributed by atoms with Gasteiger partial charge in [0.25, 0.3) is 0 Å². The third kappa shape index (κ3) is 4.19. The fraction of sp³-hybridized carbons (Fsp3) is 0.474. The highest BCUT2D eigenvalue weighted by atomic mass is 16.6. The van der Waals surface area contributed by atoms with Gasteiger partial charge in [-0.25, -0.2) is 14.3 Å².